The van der Waals surface area contributed by atoms with Gasteiger partial charge in [-0.2, -0.15) is 18.2 Å². The fraction of sp³-hybridized carbons (Fsp3) is 0.412. The number of nitrogens with zero attached hydrogens (tertiary/aromatic N) is 3. The number of carbonyl (C=O) groups is 1. The van der Waals surface area contributed by atoms with Crippen LogP contribution in [0.4, 0.5) is 18.0 Å². The molecule has 0 aliphatic carbocycles. The lowest BCUT2D eigenvalue weighted by Gasteiger charge is -2.29. The second kappa shape index (κ2) is 6.24. The van der Waals surface area contributed by atoms with Crippen LogP contribution in [0.3, 0.4) is 0 Å². The minimum atomic E-state index is -4.37. The molecule has 26 heavy (non-hydrogen) atoms. The Bertz CT molecular complexity index is 888. The van der Waals surface area contributed by atoms with Gasteiger partial charge in [-0.15, -0.1) is 11.3 Å². The number of aromatic nitrogens is 1. The normalized spacial score (nSPS) is 23.1. The molecule has 1 N–H and O–H groups in total. The van der Waals surface area contributed by atoms with Crippen molar-refractivity contribution >= 4 is 17.4 Å². The molecule has 0 bridgehead atoms. The summed E-state index contributed by atoms with van der Waals surface area (Å²) in [6.07, 6.45) is -2.60. The van der Waals surface area contributed by atoms with Gasteiger partial charge in [-0.3, -0.25) is 4.57 Å². The van der Waals surface area contributed by atoms with Crippen LogP contribution >= 0.6 is 11.3 Å². The quantitative estimate of drug-likeness (QED) is 0.825. The highest BCUT2D eigenvalue weighted by atomic mass is 32.1. The number of amides is 2. The lowest BCUT2D eigenvalue weighted by atomic mass is 9.96. The highest BCUT2D eigenvalue weighted by Gasteiger charge is 2.40. The highest BCUT2D eigenvalue weighted by Crippen LogP contribution is 2.29. The molecule has 4 rings (SSSR count). The van der Waals surface area contributed by atoms with E-state index in [0.29, 0.717) is 35.5 Å². The first-order chi connectivity index (χ1) is 12.3. The Morgan fingerprint density at radius 3 is 2.54 bits per heavy atom. The third-order valence-electron chi connectivity index (χ3n) is 4.79. The Labute approximate surface area is 151 Å². The zero-order valence-corrected chi connectivity index (χ0v) is 14.8. The summed E-state index contributed by atoms with van der Waals surface area (Å²) in [6.45, 7) is 4.15. The smallest absolute Gasteiger partial charge is 0.321 e. The van der Waals surface area contributed by atoms with Gasteiger partial charge in [0.1, 0.15) is 0 Å². The molecule has 9 heteroatoms. The molecule has 0 radical (unpaired) electrons. The molecule has 0 spiro atoms. The monoisotopic (exact) mass is 382 g/mol. The maximum absolute atomic E-state index is 12.7. The van der Waals surface area contributed by atoms with Gasteiger partial charge in [-0.25, -0.2) is 4.79 Å². The third-order valence-corrected chi connectivity index (χ3v) is 5.69. The predicted molar refractivity (Wildman–Crippen MR) is 91.2 cm³/mol. The molecule has 0 unspecified atom stereocenters. The summed E-state index contributed by atoms with van der Waals surface area (Å²) >= 11 is 1.33. The molecule has 2 aliphatic rings. The number of rotatable bonds is 1. The van der Waals surface area contributed by atoms with E-state index in [4.69, 9.17) is 0 Å². The van der Waals surface area contributed by atoms with Gasteiger partial charge in [0.2, 0.25) is 0 Å². The minimum Gasteiger partial charge on any atom is -0.321 e. The number of carbonyl (C=O) groups excluding carboxylic acids is 1. The summed E-state index contributed by atoms with van der Waals surface area (Å²) in [5.41, 5.74) is -0.166. The van der Waals surface area contributed by atoms with Gasteiger partial charge in [0.25, 0.3) is 0 Å². The number of aryl methyl sites for hydroxylation is 1. The number of thiazole rings is 1. The third kappa shape index (κ3) is 3.16. The summed E-state index contributed by atoms with van der Waals surface area (Å²) in [5, 5.41) is 3.28. The largest absolute Gasteiger partial charge is 0.416 e. The van der Waals surface area contributed by atoms with Crippen molar-refractivity contribution in [2.45, 2.75) is 19.1 Å². The van der Waals surface area contributed by atoms with Crippen LogP contribution in [-0.4, -0.2) is 41.2 Å². The standard InChI is InChI=1S/C17H17F3N4OS/c1-10-7-24(13-4-2-12(3-5-13)17(18,19)20)16(26-10)22-15(25)23-8-11-6-21-14(11)9-23/h2-5,7,11,14,21H,6,8-9H2,1H3/t11-,14+/m1/s1. The summed E-state index contributed by atoms with van der Waals surface area (Å²) < 4.78 is 39.9. The Hall–Kier alpha value is -2.13. The molecule has 5 nitrogen and oxygen atoms in total. The van der Waals surface area contributed by atoms with Gasteiger partial charge < -0.3 is 10.2 Å². The number of hydrogen-bond donors (Lipinski definition) is 1. The van der Waals surface area contributed by atoms with Gasteiger partial charge in [0, 0.05) is 48.4 Å². The number of alkyl halides is 3. The number of likely N-dealkylation sites (tertiary alicyclic amines) is 1. The van der Waals surface area contributed by atoms with E-state index in [-0.39, 0.29) is 6.03 Å². The Morgan fingerprint density at radius 1 is 1.27 bits per heavy atom. The topological polar surface area (TPSA) is 49.6 Å². The summed E-state index contributed by atoms with van der Waals surface area (Å²) in [7, 11) is 0. The lowest BCUT2D eigenvalue weighted by Crippen LogP contribution is -2.51. The van der Waals surface area contributed by atoms with Crippen molar-refractivity contribution in [3.63, 3.8) is 0 Å². The molecule has 2 aromatic rings. The molecular formula is C17H17F3N4OS. The van der Waals surface area contributed by atoms with Crippen molar-refractivity contribution in [1.82, 2.24) is 14.8 Å². The molecule has 2 atom stereocenters. The van der Waals surface area contributed by atoms with Crippen molar-refractivity contribution in [3.05, 3.63) is 45.7 Å². The maximum Gasteiger partial charge on any atom is 0.416 e. The molecular weight excluding hydrogens is 365 g/mol. The molecule has 3 heterocycles. The van der Waals surface area contributed by atoms with Crippen molar-refractivity contribution in [2.24, 2.45) is 10.9 Å². The zero-order valence-electron chi connectivity index (χ0n) is 14.0. The van der Waals surface area contributed by atoms with Crippen LogP contribution in [0.1, 0.15) is 10.4 Å². The van der Waals surface area contributed by atoms with Crippen molar-refractivity contribution < 1.29 is 18.0 Å². The lowest BCUT2D eigenvalue weighted by molar-refractivity contribution is -0.137. The Morgan fingerprint density at radius 2 is 2.00 bits per heavy atom. The van der Waals surface area contributed by atoms with Crippen molar-refractivity contribution in [1.29, 1.82) is 0 Å². The van der Waals surface area contributed by atoms with Crippen molar-refractivity contribution in [3.8, 4) is 5.69 Å². The average Bonchev–Trinajstić information content (AvgIpc) is 3.07. The summed E-state index contributed by atoms with van der Waals surface area (Å²) in [5.74, 6) is 0.501. The highest BCUT2D eigenvalue weighted by molar-refractivity contribution is 7.09. The van der Waals surface area contributed by atoms with E-state index in [1.54, 1.807) is 15.7 Å². The first kappa shape index (κ1) is 17.3. The van der Waals surface area contributed by atoms with Gasteiger partial charge in [0.05, 0.1) is 5.56 Å². The van der Waals surface area contributed by atoms with Crippen LogP contribution in [0, 0.1) is 12.8 Å². The van der Waals surface area contributed by atoms with E-state index in [1.807, 2.05) is 6.92 Å². The average molecular weight is 382 g/mol. The number of fused-ring (bicyclic) bond motifs is 1. The van der Waals surface area contributed by atoms with Gasteiger partial charge in [-0.1, -0.05) is 0 Å². The predicted octanol–water partition coefficient (Wildman–Crippen LogP) is 2.79. The molecule has 0 saturated carbocycles. The van der Waals surface area contributed by atoms with Crippen LogP contribution in [0.5, 0.6) is 0 Å². The van der Waals surface area contributed by atoms with E-state index in [1.165, 1.54) is 23.5 Å². The van der Waals surface area contributed by atoms with Crippen LogP contribution in [0.25, 0.3) is 5.69 Å². The fourth-order valence-electron chi connectivity index (χ4n) is 3.29. The molecule has 138 valence electrons. The van der Waals surface area contributed by atoms with Crippen LogP contribution < -0.4 is 10.1 Å². The number of benzene rings is 1. The van der Waals surface area contributed by atoms with Crippen LogP contribution in [0.15, 0.2) is 35.5 Å². The first-order valence-corrected chi connectivity index (χ1v) is 9.06. The van der Waals surface area contributed by atoms with E-state index in [2.05, 4.69) is 10.3 Å². The zero-order chi connectivity index (χ0) is 18.5. The molecule has 2 saturated heterocycles. The molecule has 2 fully saturated rings. The van der Waals surface area contributed by atoms with Crippen molar-refractivity contribution in [2.75, 3.05) is 19.6 Å². The Kier molecular flexibility index (Phi) is 4.15. The SMILES string of the molecule is Cc1cn(-c2ccc(C(F)(F)F)cc2)c(=NC(=O)N2C[C@H]3CN[C@H]3C2)s1. The van der Waals surface area contributed by atoms with Gasteiger partial charge in [0.15, 0.2) is 4.80 Å². The van der Waals surface area contributed by atoms with E-state index in [0.717, 1.165) is 23.6 Å². The number of urea groups is 1. The number of nitrogens with one attached hydrogen (secondary N) is 1. The maximum atomic E-state index is 12.7. The minimum absolute atomic E-state index is 0.302. The number of hydrogen-bond acceptors (Lipinski definition) is 3. The molecule has 2 amide bonds. The summed E-state index contributed by atoms with van der Waals surface area (Å²) in [4.78, 5) is 19.8. The fourth-order valence-corrected chi connectivity index (χ4v) is 4.12. The Balaban J connectivity index is 1.63. The second-order valence-electron chi connectivity index (χ2n) is 6.61. The number of halogens is 3. The van der Waals surface area contributed by atoms with Crippen LogP contribution in [-0.2, 0) is 6.18 Å². The van der Waals surface area contributed by atoms with E-state index < -0.39 is 11.7 Å². The van der Waals surface area contributed by atoms with E-state index in [9.17, 15) is 18.0 Å². The van der Waals surface area contributed by atoms with Gasteiger partial charge >= 0.3 is 12.2 Å². The first-order valence-electron chi connectivity index (χ1n) is 8.25. The molecule has 1 aromatic carbocycles. The van der Waals surface area contributed by atoms with Gasteiger partial charge in [-0.05, 0) is 31.2 Å². The van der Waals surface area contributed by atoms with Crippen LogP contribution in [0.2, 0.25) is 0 Å². The second-order valence-corrected chi connectivity index (χ2v) is 7.83. The summed E-state index contributed by atoms with van der Waals surface area (Å²) in [6, 6.07) is 4.90. The molecule has 2 aliphatic heterocycles. The molecule has 1 aromatic heterocycles. The van der Waals surface area contributed by atoms with E-state index >= 15 is 0 Å².